The summed E-state index contributed by atoms with van der Waals surface area (Å²) in [4.78, 5) is 0. The smallest absolute Gasteiger partial charge is 0.0622 e. The van der Waals surface area contributed by atoms with Crippen LogP contribution in [0.25, 0.3) is 55.6 Å². The van der Waals surface area contributed by atoms with Crippen LogP contribution in [0.2, 0.25) is 0 Å². The van der Waals surface area contributed by atoms with Crippen molar-refractivity contribution in [3.05, 3.63) is 192 Å². The Morgan fingerprint density at radius 2 is 0.558 bits per heavy atom. The fourth-order valence-electron chi connectivity index (χ4n) is 7.92. The number of hydrogen-bond donors (Lipinski definition) is 0. The molecule has 0 heterocycles. The highest BCUT2D eigenvalue weighted by atomic mass is 14.5. The highest BCUT2D eigenvalue weighted by Crippen LogP contribution is 2.64. The van der Waals surface area contributed by atoms with Crippen molar-refractivity contribution in [3.63, 3.8) is 0 Å². The monoisotopic (exact) mass is 544 g/mol. The summed E-state index contributed by atoms with van der Waals surface area (Å²) in [6.07, 6.45) is 0. The first-order valence-electron chi connectivity index (χ1n) is 15.0. The van der Waals surface area contributed by atoms with E-state index in [-0.39, 0.29) is 5.41 Å². The number of rotatable bonds is 3. The molecule has 0 saturated heterocycles. The number of fused-ring (bicyclic) bond motifs is 10. The van der Waals surface area contributed by atoms with E-state index in [9.17, 15) is 0 Å². The van der Waals surface area contributed by atoms with E-state index in [4.69, 9.17) is 0 Å². The van der Waals surface area contributed by atoms with Gasteiger partial charge in [-0.25, -0.2) is 0 Å². The Kier molecular flexibility index (Phi) is 5.21. The van der Waals surface area contributed by atoms with E-state index < -0.39 is 0 Å². The second-order valence-corrected chi connectivity index (χ2v) is 11.6. The fourth-order valence-corrected chi connectivity index (χ4v) is 7.92. The Morgan fingerprint density at radius 1 is 0.233 bits per heavy atom. The van der Waals surface area contributed by atoms with Crippen molar-refractivity contribution in [2.24, 2.45) is 0 Å². The van der Waals surface area contributed by atoms with Crippen molar-refractivity contribution < 1.29 is 0 Å². The Bertz CT molecular complexity index is 2120. The average molecular weight is 545 g/mol. The largest absolute Gasteiger partial charge is 0.0731 e. The Hall–Kier alpha value is -5.46. The van der Waals surface area contributed by atoms with Gasteiger partial charge in [0.1, 0.15) is 0 Å². The van der Waals surface area contributed by atoms with Gasteiger partial charge in [-0.2, -0.15) is 0 Å². The third-order valence-electron chi connectivity index (χ3n) is 9.53. The van der Waals surface area contributed by atoms with Crippen LogP contribution in [0.15, 0.2) is 170 Å². The second kappa shape index (κ2) is 9.28. The highest BCUT2D eigenvalue weighted by molar-refractivity contribution is 6.01. The summed E-state index contributed by atoms with van der Waals surface area (Å²) in [6.45, 7) is 0. The van der Waals surface area contributed by atoms with Crippen LogP contribution >= 0.6 is 0 Å². The first-order valence-corrected chi connectivity index (χ1v) is 15.0. The predicted molar refractivity (Wildman–Crippen MR) is 179 cm³/mol. The molecule has 7 aromatic carbocycles. The minimum atomic E-state index is -0.387. The van der Waals surface area contributed by atoms with Gasteiger partial charge in [-0.05, 0) is 77.9 Å². The molecule has 0 unspecified atom stereocenters. The number of hydrogen-bond acceptors (Lipinski definition) is 0. The molecule has 0 atom stereocenters. The molecule has 0 nitrogen and oxygen atoms in total. The SMILES string of the molecule is c1ccc(-c2ccccc2-c2ccccc2-c2cccc3c2C2(c4ccccc4-c4ccccc42)c2ccccc2-3)cc1. The van der Waals surface area contributed by atoms with E-state index in [0.29, 0.717) is 0 Å². The lowest BCUT2D eigenvalue weighted by Crippen LogP contribution is -2.26. The van der Waals surface area contributed by atoms with Crippen LogP contribution in [0.3, 0.4) is 0 Å². The van der Waals surface area contributed by atoms with Gasteiger partial charge >= 0.3 is 0 Å². The molecule has 0 aromatic heterocycles. The molecule has 0 N–H and O–H groups in total. The summed E-state index contributed by atoms with van der Waals surface area (Å²) >= 11 is 0. The predicted octanol–water partition coefficient (Wildman–Crippen LogP) is 11.0. The maximum Gasteiger partial charge on any atom is 0.0731 e. The second-order valence-electron chi connectivity index (χ2n) is 11.6. The molecule has 9 rings (SSSR count). The first-order chi connectivity index (χ1) is 21.4. The Morgan fingerprint density at radius 3 is 1.09 bits per heavy atom. The van der Waals surface area contributed by atoms with Gasteiger partial charge < -0.3 is 0 Å². The summed E-state index contributed by atoms with van der Waals surface area (Å²) in [7, 11) is 0. The van der Waals surface area contributed by atoms with Gasteiger partial charge in [0.2, 0.25) is 0 Å². The zero-order valence-electron chi connectivity index (χ0n) is 23.7. The lowest BCUT2D eigenvalue weighted by atomic mass is 9.68. The molecule has 0 radical (unpaired) electrons. The van der Waals surface area contributed by atoms with Crippen LogP contribution in [-0.4, -0.2) is 0 Å². The van der Waals surface area contributed by atoms with Crippen molar-refractivity contribution in [3.8, 4) is 55.6 Å². The van der Waals surface area contributed by atoms with E-state index in [1.165, 1.54) is 77.9 Å². The van der Waals surface area contributed by atoms with Crippen molar-refractivity contribution in [2.75, 3.05) is 0 Å². The third-order valence-corrected chi connectivity index (χ3v) is 9.53. The van der Waals surface area contributed by atoms with Crippen LogP contribution < -0.4 is 0 Å². The molecular weight excluding hydrogens is 516 g/mol. The van der Waals surface area contributed by atoms with Crippen LogP contribution in [0, 0.1) is 0 Å². The third kappa shape index (κ3) is 3.27. The van der Waals surface area contributed by atoms with Crippen molar-refractivity contribution in [2.45, 2.75) is 5.41 Å². The molecule has 0 saturated carbocycles. The van der Waals surface area contributed by atoms with E-state index in [2.05, 4.69) is 170 Å². The zero-order valence-corrected chi connectivity index (χ0v) is 23.7. The number of benzene rings is 7. The standard InChI is InChI=1S/C43H28/c1-2-15-29(16-3-1)30-17-4-5-18-31(30)32-19-6-7-20-33(32)37-24-14-25-38-36-23-10-13-28-41(36)43(42(37)38)39-26-11-8-21-34(39)35-22-9-12-27-40(35)43/h1-28H. The molecule has 43 heavy (non-hydrogen) atoms. The van der Waals surface area contributed by atoms with Gasteiger partial charge in [0.05, 0.1) is 5.41 Å². The van der Waals surface area contributed by atoms with Gasteiger partial charge in [0.15, 0.2) is 0 Å². The summed E-state index contributed by atoms with van der Waals surface area (Å²) < 4.78 is 0. The van der Waals surface area contributed by atoms with Gasteiger partial charge in [-0.3, -0.25) is 0 Å². The highest BCUT2D eigenvalue weighted by Gasteiger charge is 2.52. The maximum absolute atomic E-state index is 2.36. The molecule has 1 spiro atoms. The van der Waals surface area contributed by atoms with Gasteiger partial charge in [-0.1, -0.05) is 170 Å². The fraction of sp³-hybridized carbons (Fsp3) is 0.0233. The van der Waals surface area contributed by atoms with E-state index in [0.717, 1.165) is 0 Å². The minimum absolute atomic E-state index is 0.387. The Balaban J connectivity index is 1.39. The van der Waals surface area contributed by atoms with Crippen LogP contribution in [0.1, 0.15) is 22.3 Å². The Labute approximate surface area is 252 Å². The molecule has 2 aliphatic rings. The quantitative estimate of drug-likeness (QED) is 0.207. The lowest BCUT2D eigenvalue weighted by Gasteiger charge is -2.32. The summed E-state index contributed by atoms with van der Waals surface area (Å²) in [6, 6.07) is 62.6. The minimum Gasteiger partial charge on any atom is -0.0622 e. The van der Waals surface area contributed by atoms with E-state index in [1.54, 1.807) is 0 Å². The van der Waals surface area contributed by atoms with Crippen molar-refractivity contribution >= 4 is 0 Å². The van der Waals surface area contributed by atoms with Crippen LogP contribution in [-0.2, 0) is 5.41 Å². The molecule has 0 heteroatoms. The van der Waals surface area contributed by atoms with Gasteiger partial charge in [0.25, 0.3) is 0 Å². The zero-order chi connectivity index (χ0) is 28.4. The molecule has 0 amide bonds. The molecule has 0 bridgehead atoms. The molecule has 7 aromatic rings. The van der Waals surface area contributed by atoms with Crippen LogP contribution in [0.5, 0.6) is 0 Å². The summed E-state index contributed by atoms with van der Waals surface area (Å²) in [5.74, 6) is 0. The van der Waals surface area contributed by atoms with Gasteiger partial charge in [-0.15, -0.1) is 0 Å². The molecule has 200 valence electrons. The molecular formula is C43H28. The lowest BCUT2D eigenvalue weighted by molar-refractivity contribution is 0.796. The van der Waals surface area contributed by atoms with Gasteiger partial charge in [0, 0.05) is 0 Å². The molecule has 0 aliphatic heterocycles. The normalized spacial score (nSPS) is 13.3. The van der Waals surface area contributed by atoms with E-state index in [1.807, 2.05) is 0 Å². The first kappa shape index (κ1) is 24.2. The topological polar surface area (TPSA) is 0 Å². The molecule has 2 aliphatic carbocycles. The molecule has 0 fully saturated rings. The maximum atomic E-state index is 2.36. The van der Waals surface area contributed by atoms with Crippen LogP contribution in [0.4, 0.5) is 0 Å². The summed E-state index contributed by atoms with van der Waals surface area (Å²) in [5, 5.41) is 0. The van der Waals surface area contributed by atoms with Crippen molar-refractivity contribution in [1.82, 2.24) is 0 Å². The average Bonchev–Trinajstić information content (AvgIpc) is 3.56. The van der Waals surface area contributed by atoms with Crippen molar-refractivity contribution in [1.29, 1.82) is 0 Å². The van der Waals surface area contributed by atoms with E-state index >= 15 is 0 Å². The summed E-state index contributed by atoms with van der Waals surface area (Å²) in [5.41, 5.74) is 18.0.